The topological polar surface area (TPSA) is 101 Å². The van der Waals surface area contributed by atoms with Gasteiger partial charge < -0.3 is 14.9 Å². The first-order valence-electron chi connectivity index (χ1n) is 12.9. The van der Waals surface area contributed by atoms with Crippen LogP contribution in [-0.2, 0) is 19.1 Å². The number of rotatable bonds is 6. The second-order valence-electron chi connectivity index (χ2n) is 11.5. The number of ketones is 2. The molecule has 0 aromatic heterocycles. The van der Waals surface area contributed by atoms with Gasteiger partial charge in [-0.25, -0.2) is 0 Å². The van der Waals surface area contributed by atoms with Crippen molar-refractivity contribution < 1.29 is 29.3 Å². The average molecular weight is 461 g/mol. The van der Waals surface area contributed by atoms with Crippen molar-refractivity contribution in [2.24, 2.45) is 34.5 Å². The van der Waals surface area contributed by atoms with E-state index in [2.05, 4.69) is 6.92 Å². The lowest BCUT2D eigenvalue weighted by molar-refractivity contribution is -0.185. The molecule has 4 rings (SSSR count). The molecule has 6 heteroatoms. The third-order valence-electron chi connectivity index (χ3n) is 10.2. The minimum absolute atomic E-state index is 0.0359. The zero-order valence-electron chi connectivity index (χ0n) is 20.6. The molecule has 0 amide bonds. The zero-order chi connectivity index (χ0) is 24.2. The van der Waals surface area contributed by atoms with Crippen LogP contribution in [0.25, 0.3) is 0 Å². The zero-order valence-corrected chi connectivity index (χ0v) is 20.6. The van der Waals surface area contributed by atoms with E-state index in [4.69, 9.17) is 4.74 Å². The van der Waals surface area contributed by atoms with Crippen LogP contribution in [0.2, 0.25) is 0 Å². The van der Waals surface area contributed by atoms with Crippen molar-refractivity contribution in [2.75, 3.05) is 6.61 Å². The summed E-state index contributed by atoms with van der Waals surface area (Å²) in [6.07, 6.45) is 6.85. The predicted octanol–water partition coefficient (Wildman–Crippen LogP) is 3.77. The maximum Gasteiger partial charge on any atom is 0.309 e. The van der Waals surface area contributed by atoms with Crippen LogP contribution in [0.4, 0.5) is 0 Å². The fourth-order valence-corrected chi connectivity index (χ4v) is 8.15. The molecule has 3 unspecified atom stereocenters. The van der Waals surface area contributed by atoms with E-state index in [1.807, 2.05) is 26.8 Å². The Bertz CT molecular complexity index is 859. The highest BCUT2D eigenvalue weighted by Crippen LogP contribution is 2.67. The summed E-state index contributed by atoms with van der Waals surface area (Å²) >= 11 is 0. The first-order chi connectivity index (χ1) is 15.5. The maximum atomic E-state index is 13.3. The van der Waals surface area contributed by atoms with Gasteiger partial charge in [0.1, 0.15) is 5.60 Å². The van der Waals surface area contributed by atoms with E-state index < -0.39 is 29.5 Å². The van der Waals surface area contributed by atoms with E-state index in [0.717, 1.165) is 25.7 Å². The molecular weight excluding hydrogens is 420 g/mol. The smallest absolute Gasteiger partial charge is 0.309 e. The van der Waals surface area contributed by atoms with Crippen molar-refractivity contribution in [3.8, 4) is 0 Å². The van der Waals surface area contributed by atoms with E-state index in [0.29, 0.717) is 32.1 Å². The molecule has 33 heavy (non-hydrogen) atoms. The summed E-state index contributed by atoms with van der Waals surface area (Å²) in [4.78, 5) is 37.6. The number of esters is 1. The van der Waals surface area contributed by atoms with Crippen LogP contribution in [0, 0.1) is 34.5 Å². The predicted molar refractivity (Wildman–Crippen MR) is 123 cm³/mol. The number of aliphatic hydroxyl groups is 2. The summed E-state index contributed by atoms with van der Waals surface area (Å²) in [6.45, 7) is 7.56. The van der Waals surface area contributed by atoms with Gasteiger partial charge in [0, 0.05) is 11.8 Å². The van der Waals surface area contributed by atoms with E-state index in [1.54, 1.807) is 0 Å². The Morgan fingerprint density at radius 1 is 1.15 bits per heavy atom. The number of allylic oxidation sites excluding steroid dienone is 1. The van der Waals surface area contributed by atoms with Gasteiger partial charge in [-0.05, 0) is 80.6 Å². The maximum absolute atomic E-state index is 13.3. The van der Waals surface area contributed by atoms with Crippen molar-refractivity contribution in [2.45, 2.75) is 97.2 Å². The summed E-state index contributed by atoms with van der Waals surface area (Å²) in [5.41, 5.74) is -1.39. The Balaban J connectivity index is 1.56. The van der Waals surface area contributed by atoms with Crippen LogP contribution in [-0.4, -0.2) is 46.1 Å². The standard InChI is InChI=1S/C27H40O6/c1-5-16(6-2)24(31)33-15-22(30)27(32)12-10-20-19-8-7-17-13-18(28)9-11-25(17,3)23(19)21(29)14-26(20,27)4/h13,16,19-21,23,29,32H,5-12,14-15H2,1-4H3/t19?,20?,21-,23?,25-,26-,27-/m0/s1. The Morgan fingerprint density at radius 2 is 1.85 bits per heavy atom. The van der Waals surface area contributed by atoms with Crippen molar-refractivity contribution >= 4 is 17.5 Å². The summed E-state index contributed by atoms with van der Waals surface area (Å²) in [5.74, 6) is -0.526. The molecule has 0 aliphatic heterocycles. The summed E-state index contributed by atoms with van der Waals surface area (Å²) < 4.78 is 5.33. The number of Topliss-reactive ketones (excluding diaryl/α,β-unsaturated/α-hetero) is 1. The molecule has 0 aromatic rings. The van der Waals surface area contributed by atoms with Gasteiger partial charge in [-0.3, -0.25) is 14.4 Å². The van der Waals surface area contributed by atoms with Gasteiger partial charge in [0.25, 0.3) is 0 Å². The Hall–Kier alpha value is -1.53. The number of fused-ring (bicyclic) bond motifs is 5. The molecule has 0 radical (unpaired) electrons. The van der Waals surface area contributed by atoms with Crippen LogP contribution in [0.15, 0.2) is 11.6 Å². The van der Waals surface area contributed by atoms with Gasteiger partial charge in [0.15, 0.2) is 12.4 Å². The van der Waals surface area contributed by atoms with E-state index in [-0.39, 0.29) is 40.8 Å². The highest BCUT2D eigenvalue weighted by Gasteiger charge is 2.68. The number of carbonyl (C=O) groups is 3. The molecule has 0 heterocycles. The first-order valence-corrected chi connectivity index (χ1v) is 12.9. The van der Waals surface area contributed by atoms with Gasteiger partial charge >= 0.3 is 5.97 Å². The Kier molecular flexibility index (Phi) is 6.41. The third-order valence-corrected chi connectivity index (χ3v) is 10.2. The van der Waals surface area contributed by atoms with Gasteiger partial charge in [-0.15, -0.1) is 0 Å². The number of hydrogen-bond donors (Lipinski definition) is 2. The van der Waals surface area contributed by atoms with E-state index in [9.17, 15) is 24.6 Å². The Morgan fingerprint density at radius 3 is 2.52 bits per heavy atom. The van der Waals surface area contributed by atoms with Crippen LogP contribution < -0.4 is 0 Å². The molecule has 0 spiro atoms. The fraction of sp³-hybridized carbons (Fsp3) is 0.815. The van der Waals surface area contributed by atoms with E-state index >= 15 is 0 Å². The molecule has 184 valence electrons. The monoisotopic (exact) mass is 460 g/mol. The van der Waals surface area contributed by atoms with Crippen molar-refractivity contribution in [1.82, 2.24) is 0 Å². The van der Waals surface area contributed by atoms with Crippen LogP contribution >= 0.6 is 0 Å². The summed E-state index contributed by atoms with van der Waals surface area (Å²) in [7, 11) is 0. The van der Waals surface area contributed by atoms with Crippen LogP contribution in [0.5, 0.6) is 0 Å². The number of aliphatic hydroxyl groups excluding tert-OH is 1. The molecular formula is C27H40O6. The second kappa shape index (κ2) is 8.60. The second-order valence-corrected chi connectivity index (χ2v) is 11.5. The van der Waals surface area contributed by atoms with Crippen molar-refractivity contribution in [1.29, 1.82) is 0 Å². The highest BCUT2D eigenvalue weighted by molar-refractivity contribution is 5.92. The number of carbonyl (C=O) groups excluding carboxylic acids is 3. The SMILES string of the molecule is CCC(CC)C(=O)OCC(=O)[C@@]1(O)CCC2C3CCC4=CC(=O)CC[C@]4(C)C3[C@@H](O)C[C@@]21C. The highest BCUT2D eigenvalue weighted by atomic mass is 16.5. The van der Waals surface area contributed by atoms with Crippen molar-refractivity contribution in [3.05, 3.63) is 11.6 Å². The molecule has 2 N–H and O–H groups in total. The quantitative estimate of drug-likeness (QED) is 0.585. The van der Waals surface area contributed by atoms with Crippen molar-refractivity contribution in [3.63, 3.8) is 0 Å². The van der Waals surface area contributed by atoms with Gasteiger partial charge in [0.2, 0.25) is 5.78 Å². The molecule has 3 fully saturated rings. The minimum atomic E-state index is -1.60. The van der Waals surface area contributed by atoms with Gasteiger partial charge in [-0.2, -0.15) is 0 Å². The van der Waals surface area contributed by atoms with Crippen LogP contribution in [0.3, 0.4) is 0 Å². The summed E-state index contributed by atoms with van der Waals surface area (Å²) in [6, 6.07) is 0. The molecule has 7 atom stereocenters. The fourth-order valence-electron chi connectivity index (χ4n) is 8.15. The largest absolute Gasteiger partial charge is 0.457 e. The van der Waals surface area contributed by atoms with Crippen LogP contribution in [0.1, 0.15) is 85.5 Å². The Labute approximate surface area is 197 Å². The molecule has 0 saturated heterocycles. The molecule has 0 aromatic carbocycles. The molecule has 4 aliphatic rings. The lowest BCUT2D eigenvalue weighted by Crippen LogP contribution is -2.62. The average Bonchev–Trinajstić information content (AvgIpc) is 3.04. The summed E-state index contributed by atoms with van der Waals surface area (Å²) in [5, 5.41) is 23.1. The molecule has 4 aliphatic carbocycles. The lowest BCUT2D eigenvalue weighted by atomic mass is 9.45. The third kappa shape index (κ3) is 3.63. The molecule has 6 nitrogen and oxygen atoms in total. The van der Waals surface area contributed by atoms with Gasteiger partial charge in [0.05, 0.1) is 12.0 Å². The molecule has 0 bridgehead atoms. The number of ether oxygens (including phenoxy) is 1. The number of hydrogen-bond acceptors (Lipinski definition) is 6. The normalized spacial score (nSPS) is 42.3. The van der Waals surface area contributed by atoms with Gasteiger partial charge in [-0.1, -0.05) is 33.3 Å². The first kappa shape index (κ1) is 24.6. The minimum Gasteiger partial charge on any atom is -0.457 e. The van der Waals surface area contributed by atoms with E-state index in [1.165, 1.54) is 5.57 Å². The lowest BCUT2D eigenvalue weighted by Gasteiger charge is -2.60. The molecule has 3 saturated carbocycles.